The van der Waals surface area contributed by atoms with E-state index in [1.54, 1.807) is 0 Å². The molecule has 0 aromatic heterocycles. The van der Waals surface area contributed by atoms with E-state index in [4.69, 9.17) is 10.5 Å². The lowest BCUT2D eigenvalue weighted by atomic mass is 10.1. The van der Waals surface area contributed by atoms with Gasteiger partial charge in [-0.2, -0.15) is 0 Å². The fourth-order valence-corrected chi connectivity index (χ4v) is 2.37. The normalized spacial score (nSPS) is 10.9. The highest BCUT2D eigenvalue weighted by Gasteiger charge is 2.08. The minimum absolute atomic E-state index is 0.665. The van der Waals surface area contributed by atoms with Crippen molar-refractivity contribution in [3.05, 3.63) is 59.2 Å². The largest absolute Gasteiger partial charge is 0.494 e. The van der Waals surface area contributed by atoms with Crippen LogP contribution in [0.25, 0.3) is 0 Å². The van der Waals surface area contributed by atoms with Crippen LogP contribution in [-0.4, -0.2) is 18.6 Å². The Hall–Kier alpha value is -2.00. The van der Waals surface area contributed by atoms with E-state index in [0.717, 1.165) is 30.1 Å². The molecule has 0 amide bonds. The molecule has 0 aliphatic carbocycles. The van der Waals surface area contributed by atoms with E-state index in [9.17, 15) is 0 Å². The van der Waals surface area contributed by atoms with E-state index >= 15 is 0 Å². The molecule has 2 aromatic carbocycles. The van der Waals surface area contributed by atoms with Gasteiger partial charge in [0.1, 0.15) is 5.75 Å². The van der Waals surface area contributed by atoms with Gasteiger partial charge in [-0.1, -0.05) is 29.8 Å². The summed E-state index contributed by atoms with van der Waals surface area (Å²) < 4.78 is 5.68. The summed E-state index contributed by atoms with van der Waals surface area (Å²) in [6, 6.07) is 14.5. The van der Waals surface area contributed by atoms with Crippen LogP contribution in [0.3, 0.4) is 0 Å². The molecule has 0 aliphatic heterocycles. The predicted octanol–water partition coefficient (Wildman–Crippen LogP) is 3.61. The second-order valence-corrected chi connectivity index (χ2v) is 5.46. The van der Waals surface area contributed by atoms with Crippen molar-refractivity contribution in [2.45, 2.75) is 26.9 Å². The van der Waals surface area contributed by atoms with Crippen molar-refractivity contribution < 1.29 is 4.74 Å². The number of nitrogens with zero attached hydrogens (tertiary/aromatic N) is 1. The summed E-state index contributed by atoms with van der Waals surface area (Å²) in [6.45, 7) is 6.48. The summed E-state index contributed by atoms with van der Waals surface area (Å²) >= 11 is 0. The van der Waals surface area contributed by atoms with E-state index in [0.29, 0.717) is 6.61 Å². The molecule has 2 rings (SSSR count). The van der Waals surface area contributed by atoms with Gasteiger partial charge in [-0.25, -0.2) is 0 Å². The maximum atomic E-state index is 5.89. The van der Waals surface area contributed by atoms with Crippen molar-refractivity contribution in [1.29, 1.82) is 0 Å². The average Bonchev–Trinajstić information content (AvgIpc) is 2.44. The van der Waals surface area contributed by atoms with Gasteiger partial charge >= 0.3 is 0 Å². The van der Waals surface area contributed by atoms with Gasteiger partial charge in [-0.3, -0.25) is 4.90 Å². The van der Waals surface area contributed by atoms with Gasteiger partial charge in [-0.15, -0.1) is 0 Å². The van der Waals surface area contributed by atoms with Crippen LogP contribution in [0.4, 0.5) is 5.69 Å². The lowest BCUT2D eigenvalue weighted by Gasteiger charge is -2.19. The topological polar surface area (TPSA) is 38.5 Å². The maximum Gasteiger partial charge on any atom is 0.123 e. The van der Waals surface area contributed by atoms with Crippen molar-refractivity contribution >= 4 is 5.69 Å². The van der Waals surface area contributed by atoms with E-state index < -0.39 is 0 Å². The van der Waals surface area contributed by atoms with Crippen molar-refractivity contribution in [3.8, 4) is 5.75 Å². The molecule has 0 bridgehead atoms. The van der Waals surface area contributed by atoms with Crippen LogP contribution >= 0.6 is 0 Å². The third-order valence-corrected chi connectivity index (χ3v) is 3.40. The molecule has 3 heteroatoms. The lowest BCUT2D eigenvalue weighted by Crippen LogP contribution is -2.18. The number of nitrogen functional groups attached to an aromatic ring is 1. The van der Waals surface area contributed by atoms with E-state index in [2.05, 4.69) is 43.1 Å². The number of hydrogen-bond acceptors (Lipinski definition) is 3. The van der Waals surface area contributed by atoms with Crippen molar-refractivity contribution in [3.63, 3.8) is 0 Å². The number of benzene rings is 2. The lowest BCUT2D eigenvalue weighted by molar-refractivity contribution is 0.298. The van der Waals surface area contributed by atoms with Crippen LogP contribution in [0.1, 0.15) is 23.6 Å². The fourth-order valence-electron chi connectivity index (χ4n) is 2.37. The molecule has 112 valence electrons. The first kappa shape index (κ1) is 15.4. The Kier molecular flexibility index (Phi) is 5.23. The summed E-state index contributed by atoms with van der Waals surface area (Å²) in [4.78, 5) is 2.27. The molecule has 2 N–H and O–H groups in total. The average molecular weight is 284 g/mol. The van der Waals surface area contributed by atoms with Crippen LogP contribution < -0.4 is 10.5 Å². The quantitative estimate of drug-likeness (QED) is 0.824. The molecular formula is C18H24N2O. The third-order valence-electron chi connectivity index (χ3n) is 3.40. The molecule has 21 heavy (non-hydrogen) atoms. The van der Waals surface area contributed by atoms with Gasteiger partial charge in [0.25, 0.3) is 0 Å². The minimum atomic E-state index is 0.665. The first-order valence-electron chi connectivity index (χ1n) is 7.33. The Morgan fingerprint density at radius 3 is 2.43 bits per heavy atom. The molecule has 0 spiro atoms. The fraction of sp³-hybridized carbons (Fsp3) is 0.333. The minimum Gasteiger partial charge on any atom is -0.494 e. The van der Waals surface area contributed by atoms with Crippen LogP contribution in [-0.2, 0) is 13.1 Å². The highest BCUT2D eigenvalue weighted by atomic mass is 16.5. The van der Waals surface area contributed by atoms with Crippen LogP contribution in [0.5, 0.6) is 5.75 Å². The van der Waals surface area contributed by atoms with E-state index in [-0.39, 0.29) is 0 Å². The summed E-state index contributed by atoms with van der Waals surface area (Å²) in [5.74, 6) is 0.919. The second kappa shape index (κ2) is 7.14. The van der Waals surface area contributed by atoms with Gasteiger partial charge in [0.15, 0.2) is 0 Å². The van der Waals surface area contributed by atoms with E-state index in [1.807, 2.05) is 25.1 Å². The first-order chi connectivity index (χ1) is 10.1. The molecule has 2 aromatic rings. The second-order valence-electron chi connectivity index (χ2n) is 5.46. The number of hydrogen-bond donors (Lipinski definition) is 1. The smallest absolute Gasteiger partial charge is 0.123 e. The molecule has 3 nitrogen and oxygen atoms in total. The Bertz CT molecular complexity index is 578. The molecule has 0 heterocycles. The zero-order chi connectivity index (χ0) is 15.2. The number of nitrogens with two attached hydrogens (primary N) is 1. The van der Waals surface area contributed by atoms with Gasteiger partial charge in [-0.05, 0) is 44.7 Å². The number of rotatable bonds is 6. The Morgan fingerprint density at radius 2 is 1.76 bits per heavy atom. The van der Waals surface area contributed by atoms with Gasteiger partial charge in [0.05, 0.1) is 6.61 Å². The Balaban J connectivity index is 2.06. The summed E-state index contributed by atoms with van der Waals surface area (Å²) in [6.07, 6.45) is 0. The summed E-state index contributed by atoms with van der Waals surface area (Å²) in [5, 5.41) is 0. The SMILES string of the molecule is CCOc1ccc(N)cc1CN(C)Cc1ccc(C)cc1. The molecule has 0 saturated heterocycles. The molecule has 0 fully saturated rings. The molecule has 0 radical (unpaired) electrons. The highest BCUT2D eigenvalue weighted by Crippen LogP contribution is 2.23. The molecule has 0 atom stereocenters. The molecular weight excluding hydrogens is 260 g/mol. The van der Waals surface area contributed by atoms with Gasteiger partial charge in [0.2, 0.25) is 0 Å². The summed E-state index contributed by atoms with van der Waals surface area (Å²) in [5.41, 5.74) is 10.4. The molecule has 0 unspecified atom stereocenters. The summed E-state index contributed by atoms with van der Waals surface area (Å²) in [7, 11) is 2.11. The number of anilines is 1. The van der Waals surface area contributed by atoms with Gasteiger partial charge in [0, 0.05) is 24.3 Å². The van der Waals surface area contributed by atoms with Crippen molar-refractivity contribution in [2.24, 2.45) is 0 Å². The highest BCUT2D eigenvalue weighted by molar-refractivity contribution is 5.47. The maximum absolute atomic E-state index is 5.89. The number of aryl methyl sites for hydroxylation is 1. The Labute approximate surface area is 127 Å². The standard InChI is InChI=1S/C18H24N2O/c1-4-21-18-10-9-17(19)11-16(18)13-20(3)12-15-7-5-14(2)6-8-15/h5-11H,4,12-13,19H2,1-3H3. The molecule has 0 aliphatic rings. The van der Waals surface area contributed by atoms with Crippen molar-refractivity contribution in [2.75, 3.05) is 19.4 Å². The van der Waals surface area contributed by atoms with Gasteiger partial charge < -0.3 is 10.5 Å². The first-order valence-corrected chi connectivity index (χ1v) is 7.33. The predicted molar refractivity (Wildman–Crippen MR) is 88.4 cm³/mol. The van der Waals surface area contributed by atoms with Crippen LogP contribution in [0.2, 0.25) is 0 Å². The number of ether oxygens (including phenoxy) is 1. The zero-order valence-corrected chi connectivity index (χ0v) is 13.1. The van der Waals surface area contributed by atoms with E-state index in [1.165, 1.54) is 11.1 Å². The zero-order valence-electron chi connectivity index (χ0n) is 13.1. The van der Waals surface area contributed by atoms with Crippen molar-refractivity contribution in [1.82, 2.24) is 4.90 Å². The third kappa shape index (κ3) is 4.50. The van der Waals surface area contributed by atoms with Crippen LogP contribution in [0, 0.1) is 6.92 Å². The molecule has 0 saturated carbocycles. The van der Waals surface area contributed by atoms with Crippen LogP contribution in [0.15, 0.2) is 42.5 Å². The monoisotopic (exact) mass is 284 g/mol. The Morgan fingerprint density at radius 1 is 1.05 bits per heavy atom.